The third-order valence-corrected chi connectivity index (χ3v) is 4.00. The lowest BCUT2D eigenvalue weighted by molar-refractivity contribution is -0.384. The number of ether oxygens (including phenoxy) is 2. The molecule has 1 aromatic heterocycles. The molecule has 0 N–H and O–H groups in total. The number of rotatable bonds is 6. The van der Waals surface area contributed by atoms with E-state index in [-0.39, 0.29) is 10.6 Å². The molecule has 0 bridgehead atoms. The Hall–Kier alpha value is -2.86. The molecule has 3 rings (SSSR count). The number of hydrogen-bond donors (Lipinski definition) is 0. The van der Waals surface area contributed by atoms with Gasteiger partial charge in [0, 0.05) is 42.4 Å². The molecule has 1 heterocycles. The van der Waals surface area contributed by atoms with Gasteiger partial charge in [0.25, 0.3) is 5.69 Å². The number of non-ortho nitro benzene ring substituents is 1. The molecule has 0 aliphatic rings. The number of benzene rings is 2. The molecule has 0 unspecified atom stereocenters. The summed E-state index contributed by atoms with van der Waals surface area (Å²) < 4.78 is 12.5. The van der Waals surface area contributed by atoms with Gasteiger partial charge in [0.15, 0.2) is 0 Å². The van der Waals surface area contributed by atoms with Crippen molar-refractivity contribution in [3.05, 3.63) is 58.6 Å². The molecule has 0 aliphatic heterocycles. The van der Waals surface area contributed by atoms with Gasteiger partial charge in [0.1, 0.15) is 5.75 Å². The zero-order valence-corrected chi connectivity index (χ0v) is 13.6. The van der Waals surface area contributed by atoms with Crippen molar-refractivity contribution in [2.24, 2.45) is 0 Å². The zero-order chi connectivity index (χ0) is 17.1. The van der Waals surface area contributed by atoms with Crippen molar-refractivity contribution >= 4 is 16.6 Å². The molecule has 0 atom stereocenters. The molecule has 0 aliphatic carbocycles. The van der Waals surface area contributed by atoms with Crippen molar-refractivity contribution in [2.45, 2.75) is 6.54 Å². The first kappa shape index (κ1) is 16.0. The predicted molar refractivity (Wildman–Crippen MR) is 92.5 cm³/mol. The molecular weight excluding hydrogens is 308 g/mol. The number of aromatic nitrogens is 1. The highest BCUT2D eigenvalue weighted by Gasteiger charge is 2.14. The molecule has 124 valence electrons. The summed E-state index contributed by atoms with van der Waals surface area (Å²) in [5.74, 6) is 0.786. The first-order valence-corrected chi connectivity index (χ1v) is 7.55. The summed E-state index contributed by atoms with van der Waals surface area (Å²) in [6.45, 7) is 1.23. The minimum atomic E-state index is -0.376. The van der Waals surface area contributed by atoms with Crippen molar-refractivity contribution in [3.8, 4) is 17.0 Å². The quantitative estimate of drug-likeness (QED) is 0.509. The van der Waals surface area contributed by atoms with E-state index < -0.39 is 0 Å². The van der Waals surface area contributed by atoms with Crippen molar-refractivity contribution in [1.82, 2.24) is 4.57 Å². The van der Waals surface area contributed by atoms with Gasteiger partial charge in [-0.15, -0.1) is 0 Å². The topological polar surface area (TPSA) is 66.5 Å². The molecule has 6 heteroatoms. The van der Waals surface area contributed by atoms with Gasteiger partial charge in [0.05, 0.1) is 18.6 Å². The fourth-order valence-electron chi connectivity index (χ4n) is 2.80. The number of nitro groups is 1. The van der Waals surface area contributed by atoms with Crippen LogP contribution in [0.15, 0.2) is 48.5 Å². The summed E-state index contributed by atoms with van der Waals surface area (Å²) in [5, 5.41) is 11.9. The highest BCUT2D eigenvalue weighted by Crippen LogP contribution is 2.31. The predicted octanol–water partition coefficient (Wildman–Crippen LogP) is 3.87. The Kier molecular flexibility index (Phi) is 4.48. The maximum absolute atomic E-state index is 11.0. The molecule has 6 nitrogen and oxygen atoms in total. The third kappa shape index (κ3) is 2.96. The first-order valence-electron chi connectivity index (χ1n) is 7.55. The fourth-order valence-corrected chi connectivity index (χ4v) is 2.80. The second-order valence-electron chi connectivity index (χ2n) is 5.40. The number of nitro benzene ring substituents is 1. The summed E-state index contributed by atoms with van der Waals surface area (Å²) in [5.41, 5.74) is 3.05. The Labute approximate surface area is 139 Å². The van der Waals surface area contributed by atoms with E-state index in [1.165, 1.54) is 6.07 Å². The Morgan fingerprint density at radius 2 is 1.83 bits per heavy atom. The van der Waals surface area contributed by atoms with E-state index in [1.807, 2.05) is 30.3 Å². The van der Waals surface area contributed by atoms with E-state index in [0.29, 0.717) is 13.2 Å². The highest BCUT2D eigenvalue weighted by molar-refractivity contribution is 5.88. The van der Waals surface area contributed by atoms with Gasteiger partial charge in [-0.1, -0.05) is 0 Å². The average Bonchev–Trinajstić information content (AvgIpc) is 2.97. The van der Waals surface area contributed by atoms with Crippen LogP contribution in [0.25, 0.3) is 22.2 Å². The van der Waals surface area contributed by atoms with Crippen LogP contribution in [0.5, 0.6) is 5.75 Å². The van der Waals surface area contributed by atoms with E-state index in [0.717, 1.165) is 27.9 Å². The number of methoxy groups -OCH3 is 2. The van der Waals surface area contributed by atoms with E-state index >= 15 is 0 Å². The minimum absolute atomic E-state index is 0.0904. The molecule has 0 saturated carbocycles. The van der Waals surface area contributed by atoms with Crippen LogP contribution >= 0.6 is 0 Å². The largest absolute Gasteiger partial charge is 0.497 e. The average molecular weight is 326 g/mol. The Bertz CT molecular complexity index is 869. The molecule has 0 fully saturated rings. The van der Waals surface area contributed by atoms with Crippen LogP contribution in [0.3, 0.4) is 0 Å². The first-order chi connectivity index (χ1) is 11.6. The van der Waals surface area contributed by atoms with Crippen LogP contribution in [0.4, 0.5) is 5.69 Å². The standard InChI is InChI=1S/C18H18N2O4/c1-23-10-9-19-17-8-5-15(20(21)22)11-14(17)12-18(19)13-3-6-16(24-2)7-4-13/h3-8,11-12H,9-10H2,1-2H3. The third-order valence-electron chi connectivity index (χ3n) is 4.00. The molecule has 3 aromatic rings. The normalized spacial score (nSPS) is 10.9. The van der Waals surface area contributed by atoms with Gasteiger partial charge in [-0.3, -0.25) is 10.1 Å². The molecule has 0 spiro atoms. The minimum Gasteiger partial charge on any atom is -0.497 e. The summed E-state index contributed by atoms with van der Waals surface area (Å²) in [6.07, 6.45) is 0. The summed E-state index contributed by atoms with van der Waals surface area (Å²) in [4.78, 5) is 10.6. The SMILES string of the molecule is COCCn1c(-c2ccc(OC)cc2)cc2cc([N+](=O)[O-])ccc21. The van der Waals surface area contributed by atoms with Crippen molar-refractivity contribution in [3.63, 3.8) is 0 Å². The van der Waals surface area contributed by atoms with Gasteiger partial charge in [0.2, 0.25) is 0 Å². The molecule has 0 saturated heterocycles. The van der Waals surface area contributed by atoms with Gasteiger partial charge < -0.3 is 14.0 Å². The number of hydrogen-bond acceptors (Lipinski definition) is 4. The summed E-state index contributed by atoms with van der Waals surface area (Å²) >= 11 is 0. The summed E-state index contributed by atoms with van der Waals surface area (Å²) in [6, 6.07) is 14.6. The van der Waals surface area contributed by atoms with Gasteiger partial charge >= 0.3 is 0 Å². The Morgan fingerprint density at radius 3 is 2.46 bits per heavy atom. The lowest BCUT2D eigenvalue weighted by Crippen LogP contribution is -2.05. The van der Waals surface area contributed by atoms with Gasteiger partial charge in [-0.25, -0.2) is 0 Å². The Balaban J connectivity index is 2.14. The van der Waals surface area contributed by atoms with E-state index in [1.54, 1.807) is 26.4 Å². The van der Waals surface area contributed by atoms with Crippen molar-refractivity contribution < 1.29 is 14.4 Å². The van der Waals surface area contributed by atoms with Crippen molar-refractivity contribution in [1.29, 1.82) is 0 Å². The molecule has 0 radical (unpaired) electrons. The Morgan fingerprint density at radius 1 is 1.08 bits per heavy atom. The smallest absolute Gasteiger partial charge is 0.270 e. The second-order valence-corrected chi connectivity index (χ2v) is 5.40. The van der Waals surface area contributed by atoms with E-state index in [2.05, 4.69) is 4.57 Å². The molecule has 2 aromatic carbocycles. The van der Waals surface area contributed by atoms with Crippen LogP contribution in [0.1, 0.15) is 0 Å². The van der Waals surface area contributed by atoms with Gasteiger partial charge in [-0.05, 0) is 42.0 Å². The van der Waals surface area contributed by atoms with Gasteiger partial charge in [-0.2, -0.15) is 0 Å². The molecule has 24 heavy (non-hydrogen) atoms. The molecule has 0 amide bonds. The maximum atomic E-state index is 11.0. The second kappa shape index (κ2) is 6.72. The highest BCUT2D eigenvalue weighted by atomic mass is 16.6. The summed E-state index contributed by atoms with van der Waals surface area (Å²) in [7, 11) is 3.29. The van der Waals surface area contributed by atoms with Crippen LogP contribution in [-0.4, -0.2) is 30.3 Å². The van der Waals surface area contributed by atoms with Crippen LogP contribution in [0.2, 0.25) is 0 Å². The van der Waals surface area contributed by atoms with E-state index in [9.17, 15) is 10.1 Å². The lowest BCUT2D eigenvalue weighted by atomic mass is 10.1. The maximum Gasteiger partial charge on any atom is 0.270 e. The number of fused-ring (bicyclic) bond motifs is 1. The zero-order valence-electron chi connectivity index (χ0n) is 13.6. The van der Waals surface area contributed by atoms with Crippen molar-refractivity contribution in [2.75, 3.05) is 20.8 Å². The number of nitrogens with zero attached hydrogens (tertiary/aromatic N) is 2. The van der Waals surface area contributed by atoms with Crippen LogP contribution in [0, 0.1) is 10.1 Å². The molecular formula is C18H18N2O4. The van der Waals surface area contributed by atoms with Crippen LogP contribution in [-0.2, 0) is 11.3 Å². The van der Waals surface area contributed by atoms with E-state index in [4.69, 9.17) is 9.47 Å². The van der Waals surface area contributed by atoms with Crippen LogP contribution < -0.4 is 4.74 Å². The lowest BCUT2D eigenvalue weighted by Gasteiger charge is -2.11. The monoisotopic (exact) mass is 326 g/mol. The fraction of sp³-hybridized carbons (Fsp3) is 0.222.